The van der Waals surface area contributed by atoms with Crippen molar-refractivity contribution in [1.82, 2.24) is 5.32 Å². The van der Waals surface area contributed by atoms with Crippen LogP contribution in [0.15, 0.2) is 18.2 Å². The standard InChI is InChI=1S/C13H21N3O2/c1-4-10(8-17)15-13(18)11-7-9(14)5-6-12(11)16(2)3/h5-7,10,17H,4,8,14H2,1-3H3,(H,15,18)/t10-/m1/s1. The van der Waals surface area contributed by atoms with Crippen LogP contribution < -0.4 is 16.0 Å². The Morgan fingerprint density at radius 2 is 2.17 bits per heavy atom. The van der Waals surface area contributed by atoms with Gasteiger partial charge in [-0.15, -0.1) is 0 Å². The van der Waals surface area contributed by atoms with E-state index in [1.807, 2.05) is 32.0 Å². The summed E-state index contributed by atoms with van der Waals surface area (Å²) in [6.45, 7) is 1.84. The number of nitrogen functional groups attached to an aromatic ring is 1. The highest BCUT2D eigenvalue weighted by Gasteiger charge is 2.16. The Bertz CT molecular complexity index is 415. The molecule has 1 rings (SSSR count). The van der Waals surface area contributed by atoms with Gasteiger partial charge in [0.15, 0.2) is 0 Å². The van der Waals surface area contributed by atoms with E-state index in [0.717, 1.165) is 5.69 Å². The summed E-state index contributed by atoms with van der Waals surface area (Å²) in [4.78, 5) is 14.0. The predicted molar refractivity (Wildman–Crippen MR) is 73.8 cm³/mol. The molecule has 0 saturated carbocycles. The fourth-order valence-electron chi connectivity index (χ4n) is 1.67. The van der Waals surface area contributed by atoms with Crippen molar-refractivity contribution in [3.05, 3.63) is 23.8 Å². The topological polar surface area (TPSA) is 78.6 Å². The first-order valence-corrected chi connectivity index (χ1v) is 5.98. The van der Waals surface area contributed by atoms with Crippen LogP contribution in [0.5, 0.6) is 0 Å². The molecule has 0 bridgehead atoms. The lowest BCUT2D eigenvalue weighted by Crippen LogP contribution is -2.37. The van der Waals surface area contributed by atoms with Crippen molar-refractivity contribution in [2.75, 3.05) is 31.3 Å². The van der Waals surface area contributed by atoms with Crippen molar-refractivity contribution in [2.24, 2.45) is 0 Å². The van der Waals surface area contributed by atoms with Gasteiger partial charge in [0, 0.05) is 25.5 Å². The van der Waals surface area contributed by atoms with Gasteiger partial charge in [-0.2, -0.15) is 0 Å². The van der Waals surface area contributed by atoms with Crippen LogP contribution in [0, 0.1) is 0 Å². The lowest BCUT2D eigenvalue weighted by molar-refractivity contribution is 0.0915. The molecule has 5 nitrogen and oxygen atoms in total. The number of anilines is 2. The summed E-state index contributed by atoms with van der Waals surface area (Å²) in [5.41, 5.74) is 7.58. The van der Waals surface area contributed by atoms with Gasteiger partial charge in [-0.3, -0.25) is 4.79 Å². The Hall–Kier alpha value is -1.75. The van der Waals surface area contributed by atoms with Gasteiger partial charge in [-0.1, -0.05) is 6.92 Å². The maximum absolute atomic E-state index is 12.1. The van der Waals surface area contributed by atoms with Crippen molar-refractivity contribution in [3.63, 3.8) is 0 Å². The fraction of sp³-hybridized carbons (Fsp3) is 0.462. The van der Waals surface area contributed by atoms with Crippen LogP contribution >= 0.6 is 0 Å². The lowest BCUT2D eigenvalue weighted by atomic mass is 10.1. The molecule has 0 unspecified atom stereocenters. The number of carbonyl (C=O) groups is 1. The number of rotatable bonds is 5. The van der Waals surface area contributed by atoms with Gasteiger partial charge < -0.3 is 21.1 Å². The van der Waals surface area contributed by atoms with Gasteiger partial charge in [0.05, 0.1) is 18.2 Å². The zero-order chi connectivity index (χ0) is 13.7. The number of hydrogen-bond donors (Lipinski definition) is 3. The van der Waals surface area contributed by atoms with E-state index in [9.17, 15) is 4.79 Å². The number of nitrogens with two attached hydrogens (primary N) is 1. The molecule has 4 N–H and O–H groups in total. The Morgan fingerprint density at radius 1 is 1.50 bits per heavy atom. The number of hydrogen-bond acceptors (Lipinski definition) is 4. The number of aliphatic hydroxyl groups excluding tert-OH is 1. The van der Waals surface area contributed by atoms with Gasteiger partial charge >= 0.3 is 0 Å². The highest BCUT2D eigenvalue weighted by Crippen LogP contribution is 2.21. The minimum Gasteiger partial charge on any atom is -0.399 e. The average Bonchev–Trinajstić information content (AvgIpc) is 2.35. The molecule has 1 atom stereocenters. The van der Waals surface area contributed by atoms with Crippen molar-refractivity contribution >= 4 is 17.3 Å². The SMILES string of the molecule is CC[C@H](CO)NC(=O)c1cc(N)ccc1N(C)C. The minimum absolute atomic E-state index is 0.0676. The van der Waals surface area contributed by atoms with E-state index >= 15 is 0 Å². The summed E-state index contributed by atoms with van der Waals surface area (Å²) in [5.74, 6) is -0.216. The van der Waals surface area contributed by atoms with Gasteiger partial charge in [0.2, 0.25) is 0 Å². The second-order valence-corrected chi connectivity index (χ2v) is 4.43. The molecule has 1 aromatic rings. The van der Waals surface area contributed by atoms with Crippen LogP contribution in [0.1, 0.15) is 23.7 Å². The Balaban J connectivity index is 3.00. The zero-order valence-corrected chi connectivity index (χ0v) is 11.1. The first-order chi connectivity index (χ1) is 8.49. The van der Waals surface area contributed by atoms with Gasteiger partial charge in [0.25, 0.3) is 5.91 Å². The molecule has 100 valence electrons. The number of carbonyl (C=O) groups excluding carboxylic acids is 1. The maximum Gasteiger partial charge on any atom is 0.253 e. The molecule has 0 heterocycles. The first-order valence-electron chi connectivity index (χ1n) is 5.98. The smallest absolute Gasteiger partial charge is 0.253 e. The zero-order valence-electron chi connectivity index (χ0n) is 11.1. The summed E-state index contributed by atoms with van der Waals surface area (Å²) in [6, 6.07) is 4.99. The summed E-state index contributed by atoms with van der Waals surface area (Å²) in [5, 5.41) is 11.9. The molecule has 0 saturated heterocycles. The van der Waals surface area contributed by atoms with Gasteiger partial charge in [-0.05, 0) is 24.6 Å². The molecular weight excluding hydrogens is 230 g/mol. The summed E-state index contributed by atoms with van der Waals surface area (Å²) < 4.78 is 0. The highest BCUT2D eigenvalue weighted by atomic mass is 16.3. The third kappa shape index (κ3) is 3.37. The quantitative estimate of drug-likeness (QED) is 0.677. The van der Waals surface area contributed by atoms with E-state index < -0.39 is 0 Å². The molecule has 1 aromatic carbocycles. The molecule has 0 aliphatic carbocycles. The van der Waals surface area contributed by atoms with E-state index in [4.69, 9.17) is 10.8 Å². The lowest BCUT2D eigenvalue weighted by Gasteiger charge is -2.20. The van der Waals surface area contributed by atoms with Crippen molar-refractivity contribution in [2.45, 2.75) is 19.4 Å². The average molecular weight is 251 g/mol. The molecular formula is C13H21N3O2. The van der Waals surface area contributed by atoms with Crippen molar-refractivity contribution in [1.29, 1.82) is 0 Å². The minimum atomic E-state index is -0.228. The van der Waals surface area contributed by atoms with Crippen LogP contribution in [0.4, 0.5) is 11.4 Å². The highest BCUT2D eigenvalue weighted by molar-refractivity contribution is 6.00. The van der Waals surface area contributed by atoms with Gasteiger partial charge in [0.1, 0.15) is 0 Å². The molecule has 5 heteroatoms. The third-order valence-electron chi connectivity index (χ3n) is 2.80. The number of amides is 1. The molecule has 0 radical (unpaired) electrons. The van der Waals surface area contributed by atoms with E-state index in [2.05, 4.69) is 5.32 Å². The summed E-state index contributed by atoms with van der Waals surface area (Å²) >= 11 is 0. The van der Waals surface area contributed by atoms with Crippen molar-refractivity contribution < 1.29 is 9.90 Å². The van der Waals surface area contributed by atoms with Crippen LogP contribution in [-0.2, 0) is 0 Å². The maximum atomic E-state index is 12.1. The summed E-state index contributed by atoms with van der Waals surface area (Å²) in [6.07, 6.45) is 0.682. The number of nitrogens with one attached hydrogen (secondary N) is 1. The van der Waals surface area contributed by atoms with E-state index in [-0.39, 0.29) is 18.6 Å². The first kappa shape index (κ1) is 14.3. The summed E-state index contributed by atoms with van der Waals surface area (Å²) in [7, 11) is 3.73. The number of aliphatic hydroxyl groups is 1. The van der Waals surface area contributed by atoms with Crippen LogP contribution in [0.3, 0.4) is 0 Å². The Kier molecular flexibility index (Phi) is 4.97. The normalized spacial score (nSPS) is 12.0. The monoisotopic (exact) mass is 251 g/mol. The number of benzene rings is 1. The molecule has 0 aliphatic heterocycles. The molecule has 0 aliphatic rings. The predicted octanol–water partition coefficient (Wildman–Crippen LogP) is 0.835. The largest absolute Gasteiger partial charge is 0.399 e. The molecule has 1 amide bonds. The van der Waals surface area contributed by atoms with E-state index in [0.29, 0.717) is 17.7 Å². The van der Waals surface area contributed by atoms with Crippen LogP contribution in [0.25, 0.3) is 0 Å². The fourth-order valence-corrected chi connectivity index (χ4v) is 1.67. The van der Waals surface area contributed by atoms with E-state index in [1.54, 1.807) is 12.1 Å². The molecule has 18 heavy (non-hydrogen) atoms. The van der Waals surface area contributed by atoms with Crippen LogP contribution in [-0.4, -0.2) is 37.8 Å². The Labute approximate surface area is 108 Å². The molecule has 0 spiro atoms. The second kappa shape index (κ2) is 6.26. The van der Waals surface area contributed by atoms with Crippen molar-refractivity contribution in [3.8, 4) is 0 Å². The second-order valence-electron chi connectivity index (χ2n) is 4.43. The molecule has 0 fully saturated rings. The number of nitrogens with zero attached hydrogens (tertiary/aromatic N) is 1. The molecule has 0 aromatic heterocycles. The third-order valence-corrected chi connectivity index (χ3v) is 2.80. The van der Waals surface area contributed by atoms with Gasteiger partial charge in [-0.25, -0.2) is 0 Å². The van der Waals surface area contributed by atoms with Crippen LogP contribution in [0.2, 0.25) is 0 Å². The van der Waals surface area contributed by atoms with E-state index in [1.165, 1.54) is 0 Å². The Morgan fingerprint density at radius 3 is 2.67 bits per heavy atom.